The molecule has 4 bridgehead atoms. The molecule has 3 heterocycles. The van der Waals surface area contributed by atoms with Gasteiger partial charge in [-0.15, -0.1) is 0 Å². The van der Waals surface area contributed by atoms with Gasteiger partial charge in [-0.3, -0.25) is 9.78 Å². The number of piperazine rings is 1. The van der Waals surface area contributed by atoms with Crippen LogP contribution < -0.4 is 15.5 Å². The lowest BCUT2D eigenvalue weighted by molar-refractivity contribution is -0.0503. The third-order valence-electron chi connectivity index (χ3n) is 8.22. The number of aromatic nitrogens is 4. The topological polar surface area (TPSA) is 88.0 Å². The van der Waals surface area contributed by atoms with Crippen LogP contribution in [0.4, 0.5) is 5.82 Å². The fourth-order valence-electron chi connectivity index (χ4n) is 7.17. The average Bonchev–Trinajstić information content (AvgIpc) is 3.19. The second-order valence-electron chi connectivity index (χ2n) is 10.6. The molecule has 1 amide bonds. The Hall–Kier alpha value is -2.48. The van der Waals surface area contributed by atoms with Crippen LogP contribution >= 0.6 is 0 Å². The van der Waals surface area contributed by atoms with E-state index in [-0.39, 0.29) is 5.91 Å². The highest BCUT2D eigenvalue weighted by atomic mass is 16.1. The molecule has 2 aromatic rings. The first-order valence-corrected chi connectivity index (χ1v) is 12.2. The molecule has 7 rings (SSSR count). The van der Waals surface area contributed by atoms with Crippen molar-refractivity contribution in [2.45, 2.75) is 45.4 Å². The number of carbonyl (C=O) groups excluding carboxylic acids is 1. The van der Waals surface area contributed by atoms with Crippen LogP contribution in [-0.2, 0) is 0 Å². The van der Waals surface area contributed by atoms with Gasteiger partial charge in [-0.2, -0.15) is 5.10 Å². The van der Waals surface area contributed by atoms with Gasteiger partial charge >= 0.3 is 0 Å². The average molecular weight is 436 g/mol. The van der Waals surface area contributed by atoms with E-state index in [1.54, 1.807) is 23.3 Å². The maximum Gasteiger partial charge on any atom is 0.254 e. The Morgan fingerprint density at radius 1 is 1.09 bits per heavy atom. The third kappa shape index (κ3) is 3.68. The summed E-state index contributed by atoms with van der Waals surface area (Å²) in [6, 6.07) is 0. The number of nitrogens with one attached hydrogen (secondary N) is 2. The number of nitrogens with zero attached hydrogens (tertiary/aromatic N) is 5. The number of hydrogen-bond donors (Lipinski definition) is 2. The van der Waals surface area contributed by atoms with Crippen molar-refractivity contribution in [1.29, 1.82) is 0 Å². The summed E-state index contributed by atoms with van der Waals surface area (Å²) in [5.74, 6) is 4.16. The van der Waals surface area contributed by atoms with Gasteiger partial charge in [-0.1, -0.05) is 0 Å². The predicted octanol–water partition coefficient (Wildman–Crippen LogP) is 2.33. The molecule has 8 heteroatoms. The summed E-state index contributed by atoms with van der Waals surface area (Å²) in [6.45, 7) is 6.41. The quantitative estimate of drug-likeness (QED) is 0.750. The fourth-order valence-corrected chi connectivity index (χ4v) is 7.17. The first kappa shape index (κ1) is 20.1. The van der Waals surface area contributed by atoms with Gasteiger partial charge in [0.25, 0.3) is 5.91 Å². The Labute approximate surface area is 189 Å². The van der Waals surface area contributed by atoms with Gasteiger partial charge in [-0.25, -0.2) is 9.67 Å². The lowest BCUT2D eigenvalue weighted by Crippen LogP contribution is -2.51. The van der Waals surface area contributed by atoms with Gasteiger partial charge in [0.2, 0.25) is 0 Å². The zero-order valence-electron chi connectivity index (χ0n) is 18.9. The van der Waals surface area contributed by atoms with Gasteiger partial charge in [-0.05, 0) is 68.6 Å². The molecule has 5 aliphatic rings. The first-order valence-electron chi connectivity index (χ1n) is 12.2. The molecule has 1 saturated heterocycles. The zero-order valence-corrected chi connectivity index (χ0v) is 18.9. The van der Waals surface area contributed by atoms with Crippen LogP contribution in [0.2, 0.25) is 0 Å². The van der Waals surface area contributed by atoms with E-state index in [9.17, 15) is 4.79 Å². The number of amides is 1. The molecule has 0 atom stereocenters. The summed E-state index contributed by atoms with van der Waals surface area (Å²) >= 11 is 0. The standard InChI is InChI=1S/C24H33N7O/c1-16-20(23(32)27-15-24-9-17-6-18(10-24)8-19(7-17)11-24)14-31(29-16)22-13-26-12-21(28-22)30-4-2-25-3-5-30/h12-14,17-19,25H,2-11,15H2,1H3,(H,27,32). The molecule has 1 aliphatic heterocycles. The van der Waals surface area contributed by atoms with Gasteiger partial charge in [0.1, 0.15) is 5.82 Å². The van der Waals surface area contributed by atoms with Crippen molar-refractivity contribution in [3.63, 3.8) is 0 Å². The highest BCUT2D eigenvalue weighted by molar-refractivity contribution is 5.95. The molecule has 4 saturated carbocycles. The summed E-state index contributed by atoms with van der Waals surface area (Å²) in [7, 11) is 0. The fraction of sp³-hybridized carbons (Fsp3) is 0.667. The summed E-state index contributed by atoms with van der Waals surface area (Å²) in [6.07, 6.45) is 13.5. The third-order valence-corrected chi connectivity index (χ3v) is 8.22. The van der Waals surface area contributed by atoms with Crippen molar-refractivity contribution in [2.24, 2.45) is 23.2 Å². The van der Waals surface area contributed by atoms with E-state index in [1.807, 2.05) is 6.92 Å². The maximum atomic E-state index is 13.1. The van der Waals surface area contributed by atoms with Crippen LogP contribution in [0.3, 0.4) is 0 Å². The van der Waals surface area contributed by atoms with Crippen molar-refractivity contribution in [3.8, 4) is 5.82 Å². The highest BCUT2D eigenvalue weighted by Crippen LogP contribution is 2.59. The molecule has 0 unspecified atom stereocenters. The molecule has 2 aromatic heterocycles. The minimum Gasteiger partial charge on any atom is -0.353 e. The summed E-state index contributed by atoms with van der Waals surface area (Å²) in [5.41, 5.74) is 1.68. The number of hydrogen-bond acceptors (Lipinski definition) is 6. The second-order valence-corrected chi connectivity index (χ2v) is 10.6. The molecule has 4 aliphatic carbocycles. The highest BCUT2D eigenvalue weighted by Gasteiger charge is 2.50. The molecular formula is C24H33N7O. The van der Waals surface area contributed by atoms with E-state index in [4.69, 9.17) is 4.98 Å². The number of aryl methyl sites for hydroxylation is 1. The predicted molar refractivity (Wildman–Crippen MR) is 122 cm³/mol. The van der Waals surface area contributed by atoms with Crippen LogP contribution in [0.5, 0.6) is 0 Å². The molecule has 0 spiro atoms. The van der Waals surface area contributed by atoms with Crippen molar-refractivity contribution in [3.05, 3.63) is 29.8 Å². The van der Waals surface area contributed by atoms with E-state index >= 15 is 0 Å². The molecule has 32 heavy (non-hydrogen) atoms. The Morgan fingerprint density at radius 3 is 2.44 bits per heavy atom. The lowest BCUT2D eigenvalue weighted by Gasteiger charge is -2.56. The van der Waals surface area contributed by atoms with Gasteiger partial charge in [0.15, 0.2) is 5.82 Å². The SMILES string of the molecule is Cc1nn(-c2cncc(N3CCNCC3)n2)cc1C(=O)NCC12CC3CC(CC(C3)C1)C2. The molecule has 0 aromatic carbocycles. The van der Waals surface area contributed by atoms with Crippen molar-refractivity contribution < 1.29 is 4.79 Å². The number of rotatable bonds is 5. The van der Waals surface area contributed by atoms with Gasteiger partial charge in [0, 0.05) is 38.9 Å². The molecular weight excluding hydrogens is 402 g/mol. The number of carbonyl (C=O) groups is 1. The van der Waals surface area contributed by atoms with Gasteiger partial charge in [0.05, 0.1) is 23.7 Å². The van der Waals surface area contributed by atoms with E-state index in [0.29, 0.717) is 16.8 Å². The van der Waals surface area contributed by atoms with Crippen LogP contribution in [0.1, 0.15) is 54.6 Å². The zero-order chi connectivity index (χ0) is 21.7. The second kappa shape index (κ2) is 7.83. The normalized spacial score (nSPS) is 31.2. The van der Waals surface area contributed by atoms with E-state index < -0.39 is 0 Å². The smallest absolute Gasteiger partial charge is 0.254 e. The Kier molecular flexibility index (Phi) is 4.93. The minimum atomic E-state index is -0.0179. The van der Waals surface area contributed by atoms with Gasteiger partial charge < -0.3 is 15.5 Å². The van der Waals surface area contributed by atoms with E-state index in [0.717, 1.165) is 62.0 Å². The minimum absolute atomic E-state index is 0.0179. The van der Waals surface area contributed by atoms with Crippen LogP contribution in [0.25, 0.3) is 5.82 Å². The van der Waals surface area contributed by atoms with E-state index in [2.05, 4.69) is 25.6 Å². The first-order chi connectivity index (χ1) is 15.6. The Bertz CT molecular complexity index is 974. The molecule has 5 fully saturated rings. The number of anilines is 1. The molecule has 2 N–H and O–H groups in total. The lowest BCUT2D eigenvalue weighted by atomic mass is 9.49. The monoisotopic (exact) mass is 435 g/mol. The van der Waals surface area contributed by atoms with Crippen LogP contribution in [0.15, 0.2) is 18.6 Å². The molecule has 0 radical (unpaired) electrons. The maximum absolute atomic E-state index is 13.1. The van der Waals surface area contributed by atoms with Crippen LogP contribution in [0, 0.1) is 30.1 Å². The van der Waals surface area contributed by atoms with Crippen molar-refractivity contribution in [2.75, 3.05) is 37.6 Å². The summed E-state index contributed by atoms with van der Waals surface area (Å²) in [5, 5.41) is 11.2. The Morgan fingerprint density at radius 2 is 1.75 bits per heavy atom. The van der Waals surface area contributed by atoms with Crippen LogP contribution in [-0.4, -0.2) is 58.4 Å². The molecule has 170 valence electrons. The van der Waals surface area contributed by atoms with Crippen molar-refractivity contribution in [1.82, 2.24) is 30.4 Å². The summed E-state index contributed by atoms with van der Waals surface area (Å²) < 4.78 is 1.69. The largest absolute Gasteiger partial charge is 0.353 e. The Balaban J connectivity index is 1.16. The molecule has 8 nitrogen and oxygen atoms in total. The van der Waals surface area contributed by atoms with Crippen molar-refractivity contribution >= 4 is 11.7 Å². The summed E-state index contributed by atoms with van der Waals surface area (Å²) in [4.78, 5) is 24.5. The van der Waals surface area contributed by atoms with E-state index in [1.165, 1.54) is 38.5 Å².